The van der Waals surface area contributed by atoms with Crippen LogP contribution in [0.3, 0.4) is 0 Å². The van der Waals surface area contributed by atoms with Crippen molar-refractivity contribution in [3.63, 3.8) is 0 Å². The predicted octanol–water partition coefficient (Wildman–Crippen LogP) is 6.88. The summed E-state index contributed by atoms with van der Waals surface area (Å²) in [5.74, 6) is 1.48. The highest BCUT2D eigenvalue weighted by Crippen LogP contribution is 2.42. The second-order valence-electron chi connectivity index (χ2n) is 11.2. The van der Waals surface area contributed by atoms with Gasteiger partial charge in [-0.15, -0.1) is 0 Å². The summed E-state index contributed by atoms with van der Waals surface area (Å²) in [6.45, 7) is 9.74. The second-order valence-corrected chi connectivity index (χ2v) is 11.2. The Morgan fingerprint density at radius 1 is 1.03 bits per heavy atom. The van der Waals surface area contributed by atoms with Crippen molar-refractivity contribution in [3.05, 3.63) is 95.5 Å². The van der Waals surface area contributed by atoms with E-state index in [-0.39, 0.29) is 5.82 Å². The normalized spacial score (nSPS) is 21.7. The number of para-hydroxylation sites is 2. The smallest absolute Gasteiger partial charge is 0.123 e. The third-order valence-corrected chi connectivity index (χ3v) is 8.12. The zero-order valence-corrected chi connectivity index (χ0v) is 23.0. The lowest BCUT2D eigenvalue weighted by Crippen LogP contribution is -2.47. The Morgan fingerprint density at radius 3 is 2.55 bits per heavy atom. The first-order chi connectivity index (χ1) is 18.6. The summed E-state index contributed by atoms with van der Waals surface area (Å²) in [5, 5.41) is 7.25. The predicted molar refractivity (Wildman–Crippen MR) is 158 cm³/mol. The van der Waals surface area contributed by atoms with Crippen LogP contribution in [0.15, 0.2) is 84.1 Å². The van der Waals surface area contributed by atoms with Gasteiger partial charge in [-0.05, 0) is 111 Å². The molecule has 1 saturated carbocycles. The van der Waals surface area contributed by atoms with Crippen molar-refractivity contribution in [1.82, 2.24) is 10.2 Å². The molecule has 6 rings (SSSR count). The molecular formula is C33H43FN4. The van der Waals surface area contributed by atoms with Crippen molar-refractivity contribution < 1.29 is 4.39 Å². The molecule has 4 nitrogen and oxygen atoms in total. The van der Waals surface area contributed by atoms with Gasteiger partial charge in [-0.3, -0.25) is 4.90 Å². The van der Waals surface area contributed by atoms with Crippen LogP contribution in [0.4, 0.5) is 15.8 Å². The van der Waals surface area contributed by atoms with E-state index < -0.39 is 0 Å². The topological polar surface area (TPSA) is 30.5 Å². The van der Waals surface area contributed by atoms with Crippen LogP contribution in [0.5, 0.6) is 0 Å². The van der Waals surface area contributed by atoms with Crippen LogP contribution in [0.25, 0.3) is 0 Å². The number of piperidine rings is 1. The van der Waals surface area contributed by atoms with Gasteiger partial charge in [0.15, 0.2) is 0 Å². The van der Waals surface area contributed by atoms with Crippen molar-refractivity contribution in [2.45, 2.75) is 52.1 Å². The molecule has 1 aliphatic carbocycles. The molecule has 0 bridgehead atoms. The molecular weight excluding hydrogens is 471 g/mol. The molecule has 202 valence electrons. The van der Waals surface area contributed by atoms with Crippen molar-refractivity contribution in [3.8, 4) is 0 Å². The molecule has 0 amide bonds. The maximum atomic E-state index is 12.2. The largest absolute Gasteiger partial charge is 0.387 e. The van der Waals surface area contributed by atoms with E-state index in [2.05, 4.69) is 76.1 Å². The van der Waals surface area contributed by atoms with Crippen LogP contribution < -0.4 is 15.5 Å². The average molecular weight is 515 g/mol. The molecule has 0 radical (unpaired) electrons. The molecule has 1 atom stereocenters. The lowest BCUT2D eigenvalue weighted by Gasteiger charge is -2.39. The summed E-state index contributed by atoms with van der Waals surface area (Å²) in [6, 6.07) is 15.4. The Kier molecular flexibility index (Phi) is 8.85. The van der Waals surface area contributed by atoms with Crippen molar-refractivity contribution >= 4 is 11.4 Å². The number of halogens is 1. The molecule has 0 aromatic heterocycles. The van der Waals surface area contributed by atoms with Crippen molar-refractivity contribution in [2.24, 2.45) is 11.8 Å². The molecule has 1 unspecified atom stereocenters. The van der Waals surface area contributed by atoms with Crippen molar-refractivity contribution in [2.75, 3.05) is 42.9 Å². The molecule has 38 heavy (non-hydrogen) atoms. The highest BCUT2D eigenvalue weighted by atomic mass is 19.1. The molecule has 2 aromatic rings. The highest BCUT2D eigenvalue weighted by molar-refractivity contribution is 5.76. The Labute approximate surface area is 228 Å². The van der Waals surface area contributed by atoms with Gasteiger partial charge in [0.05, 0.1) is 11.4 Å². The maximum Gasteiger partial charge on any atom is 0.123 e. The van der Waals surface area contributed by atoms with Gasteiger partial charge in [-0.1, -0.05) is 43.3 Å². The molecule has 4 aliphatic rings. The maximum absolute atomic E-state index is 12.2. The number of nitrogens with one attached hydrogen (secondary N) is 2. The Bertz CT molecular complexity index is 1140. The van der Waals surface area contributed by atoms with E-state index in [9.17, 15) is 4.39 Å². The number of fused-ring (bicyclic) bond motifs is 1. The van der Waals surface area contributed by atoms with E-state index in [0.29, 0.717) is 6.17 Å². The zero-order chi connectivity index (χ0) is 26.3. The van der Waals surface area contributed by atoms with Crippen LogP contribution >= 0.6 is 0 Å². The summed E-state index contributed by atoms with van der Waals surface area (Å²) in [5.41, 5.74) is 6.66. The van der Waals surface area contributed by atoms with E-state index >= 15 is 0 Å². The molecule has 5 heteroatoms. The van der Waals surface area contributed by atoms with Gasteiger partial charge in [0.25, 0.3) is 0 Å². The Balaban J connectivity index is 0.000000316. The Morgan fingerprint density at radius 2 is 1.84 bits per heavy atom. The molecule has 3 heterocycles. The van der Waals surface area contributed by atoms with Gasteiger partial charge in [-0.25, -0.2) is 4.39 Å². The van der Waals surface area contributed by atoms with Gasteiger partial charge in [-0.2, -0.15) is 0 Å². The van der Waals surface area contributed by atoms with Crippen LogP contribution in [0.1, 0.15) is 44.6 Å². The van der Waals surface area contributed by atoms with E-state index in [0.717, 1.165) is 36.9 Å². The van der Waals surface area contributed by atoms with Gasteiger partial charge in [0.2, 0.25) is 0 Å². The van der Waals surface area contributed by atoms with Crippen LogP contribution in [-0.4, -0.2) is 43.8 Å². The summed E-state index contributed by atoms with van der Waals surface area (Å²) in [6.07, 6.45) is 15.9. The highest BCUT2D eigenvalue weighted by Gasteiger charge is 2.38. The number of nitrogens with zero attached hydrogens (tertiary/aromatic N) is 2. The zero-order valence-electron chi connectivity index (χ0n) is 23.0. The number of rotatable bonds is 7. The Hall–Kier alpha value is -3.05. The molecule has 2 fully saturated rings. The van der Waals surface area contributed by atoms with Crippen molar-refractivity contribution in [1.29, 1.82) is 0 Å². The van der Waals surface area contributed by atoms with E-state index in [1.165, 1.54) is 80.0 Å². The van der Waals surface area contributed by atoms with Crippen LogP contribution in [-0.2, 0) is 0 Å². The minimum atomic E-state index is -0.162. The van der Waals surface area contributed by atoms with Gasteiger partial charge < -0.3 is 15.5 Å². The molecule has 2 aromatic carbocycles. The monoisotopic (exact) mass is 514 g/mol. The quantitative estimate of drug-likeness (QED) is 0.422. The fourth-order valence-corrected chi connectivity index (χ4v) is 5.80. The van der Waals surface area contributed by atoms with Gasteiger partial charge in [0, 0.05) is 25.6 Å². The molecule has 0 spiro atoms. The minimum Gasteiger partial charge on any atom is -0.387 e. The van der Waals surface area contributed by atoms with Crippen LogP contribution in [0.2, 0.25) is 0 Å². The standard InChI is InChI=1S/C26H36N4.C7H7F/c1-2-3-6-22-17-27-14-11-23(22)19-29-15-12-21(13-16-29)26-28-24-7-4-5-8-25(24)30(26)18-20-9-10-20;1-6-3-2-4-7(8)5-6/h3-8,11,14,20-21,26-28H,2,9-10,12-13,15-19H2,1H3;2-5H,1H3/b6-3-;. The minimum absolute atomic E-state index is 0.162. The molecule has 3 aliphatic heterocycles. The lowest BCUT2D eigenvalue weighted by molar-refractivity contribution is 0.184. The average Bonchev–Trinajstić information content (AvgIpc) is 3.68. The number of benzene rings is 2. The summed E-state index contributed by atoms with van der Waals surface area (Å²) in [7, 11) is 0. The fourth-order valence-electron chi connectivity index (χ4n) is 5.80. The van der Waals surface area contributed by atoms with E-state index in [1.807, 2.05) is 13.0 Å². The third kappa shape index (κ3) is 6.87. The lowest BCUT2D eigenvalue weighted by atomic mass is 9.92. The van der Waals surface area contributed by atoms with Gasteiger partial charge >= 0.3 is 0 Å². The van der Waals surface area contributed by atoms with Gasteiger partial charge in [0.1, 0.15) is 12.0 Å². The number of hydrogen-bond acceptors (Lipinski definition) is 4. The van der Waals surface area contributed by atoms with E-state index in [4.69, 9.17) is 0 Å². The fraction of sp³-hybridized carbons (Fsp3) is 0.455. The summed E-state index contributed by atoms with van der Waals surface area (Å²) >= 11 is 0. The summed E-state index contributed by atoms with van der Waals surface area (Å²) < 4.78 is 12.2. The number of anilines is 2. The SMILES string of the molecule is CC/C=C\C1=C(CN2CCC(C3Nc4ccccc4N3CC3CC3)CC2)C=CNC1.Cc1cccc(F)c1. The number of aryl methyl sites for hydroxylation is 1. The third-order valence-electron chi connectivity index (χ3n) is 8.12. The van der Waals surface area contributed by atoms with Crippen LogP contribution in [0, 0.1) is 24.6 Å². The van der Waals surface area contributed by atoms with E-state index in [1.54, 1.807) is 6.07 Å². The second kappa shape index (κ2) is 12.7. The molecule has 1 saturated heterocycles. The first kappa shape index (κ1) is 26.6. The number of allylic oxidation sites excluding steroid dienone is 1. The number of likely N-dealkylation sites (tertiary alicyclic amines) is 1. The number of dihydropyridines is 1. The summed E-state index contributed by atoms with van der Waals surface area (Å²) in [4.78, 5) is 5.35. The number of hydrogen-bond donors (Lipinski definition) is 2. The first-order valence-corrected chi connectivity index (χ1v) is 14.5. The first-order valence-electron chi connectivity index (χ1n) is 14.5. The molecule has 2 N–H and O–H groups in total.